The number of carbonyl (C=O) groups excluding carboxylic acids is 1. The fraction of sp³-hybridized carbons (Fsp3) is 0.250. The first-order valence-electron chi connectivity index (χ1n) is 8.59. The van der Waals surface area contributed by atoms with Crippen molar-refractivity contribution < 1.29 is 13.9 Å². The molecule has 140 valence electrons. The molecule has 0 aliphatic heterocycles. The van der Waals surface area contributed by atoms with Gasteiger partial charge in [-0.05, 0) is 37.1 Å². The Bertz CT molecular complexity index is 896. The number of amides is 1. The van der Waals surface area contributed by atoms with Crippen molar-refractivity contribution >= 4 is 17.2 Å². The van der Waals surface area contributed by atoms with Crippen LogP contribution in [0.5, 0.6) is 5.75 Å². The predicted molar refractivity (Wildman–Crippen MR) is 102 cm³/mol. The average molecular weight is 385 g/mol. The van der Waals surface area contributed by atoms with E-state index >= 15 is 0 Å². The zero-order chi connectivity index (χ0) is 19.1. The second-order valence-corrected chi connectivity index (χ2v) is 6.97. The van der Waals surface area contributed by atoms with Crippen LogP contribution >= 0.6 is 11.3 Å². The van der Waals surface area contributed by atoms with Crippen molar-refractivity contribution in [1.82, 2.24) is 15.3 Å². The first-order chi connectivity index (χ1) is 13.1. The minimum absolute atomic E-state index is 0.133. The quantitative estimate of drug-likeness (QED) is 0.645. The van der Waals surface area contributed by atoms with Gasteiger partial charge >= 0.3 is 0 Å². The number of carbonyl (C=O) groups is 1. The number of aryl methyl sites for hydroxylation is 1. The van der Waals surface area contributed by atoms with Crippen LogP contribution < -0.4 is 10.1 Å². The number of pyridine rings is 1. The summed E-state index contributed by atoms with van der Waals surface area (Å²) < 4.78 is 19.2. The highest BCUT2D eigenvalue weighted by Gasteiger charge is 2.09. The van der Waals surface area contributed by atoms with E-state index in [1.54, 1.807) is 24.4 Å². The number of rotatable bonds is 8. The standard InChI is InChI=1S/C20H20FN3O2S/c1-14-6-7-17(11-23-14)26-12-20-24-16(13-27-20)10-19(25)22-9-8-15-4-2-3-5-18(15)21/h2-7,11,13H,8-10,12H2,1H3,(H,22,25). The first kappa shape index (κ1) is 19.0. The topological polar surface area (TPSA) is 64.1 Å². The zero-order valence-corrected chi connectivity index (χ0v) is 15.8. The summed E-state index contributed by atoms with van der Waals surface area (Å²) in [5.74, 6) is 0.301. The Morgan fingerprint density at radius 2 is 2.11 bits per heavy atom. The fourth-order valence-electron chi connectivity index (χ4n) is 2.45. The van der Waals surface area contributed by atoms with Crippen LogP contribution in [0.2, 0.25) is 0 Å². The number of halogens is 1. The van der Waals surface area contributed by atoms with Crippen LogP contribution in [0, 0.1) is 12.7 Å². The van der Waals surface area contributed by atoms with Crippen LogP contribution in [-0.2, 0) is 24.2 Å². The molecule has 0 spiro atoms. The van der Waals surface area contributed by atoms with Crippen LogP contribution in [-0.4, -0.2) is 22.4 Å². The molecule has 0 aliphatic carbocycles. The molecule has 0 radical (unpaired) electrons. The van der Waals surface area contributed by atoms with Crippen molar-refractivity contribution in [2.75, 3.05) is 6.54 Å². The number of hydrogen-bond acceptors (Lipinski definition) is 5. The molecule has 2 aromatic heterocycles. The molecule has 1 N–H and O–H groups in total. The average Bonchev–Trinajstić information content (AvgIpc) is 3.10. The molecule has 1 amide bonds. The van der Waals surface area contributed by atoms with Crippen molar-refractivity contribution in [1.29, 1.82) is 0 Å². The molecule has 3 aromatic rings. The van der Waals surface area contributed by atoms with Gasteiger partial charge in [0.1, 0.15) is 23.2 Å². The SMILES string of the molecule is Cc1ccc(OCc2nc(CC(=O)NCCc3ccccc3F)cs2)cn1. The van der Waals surface area contributed by atoms with E-state index in [1.807, 2.05) is 24.4 Å². The van der Waals surface area contributed by atoms with Crippen molar-refractivity contribution in [2.45, 2.75) is 26.4 Å². The minimum atomic E-state index is -0.250. The Kier molecular flexibility index (Phi) is 6.49. The number of benzene rings is 1. The van der Waals surface area contributed by atoms with Gasteiger partial charge in [-0.3, -0.25) is 9.78 Å². The van der Waals surface area contributed by atoms with E-state index in [0.29, 0.717) is 36.6 Å². The zero-order valence-electron chi connectivity index (χ0n) is 14.9. The molecule has 27 heavy (non-hydrogen) atoms. The van der Waals surface area contributed by atoms with Gasteiger partial charge in [0.05, 0.1) is 18.3 Å². The van der Waals surface area contributed by atoms with Crippen molar-refractivity contribution in [3.8, 4) is 5.75 Å². The Labute approximate surface area is 161 Å². The summed E-state index contributed by atoms with van der Waals surface area (Å²) >= 11 is 1.45. The summed E-state index contributed by atoms with van der Waals surface area (Å²) in [5, 5.41) is 5.44. The maximum absolute atomic E-state index is 13.5. The lowest BCUT2D eigenvalue weighted by atomic mass is 10.1. The lowest BCUT2D eigenvalue weighted by Crippen LogP contribution is -2.27. The van der Waals surface area contributed by atoms with E-state index in [4.69, 9.17) is 4.74 Å². The van der Waals surface area contributed by atoms with E-state index in [-0.39, 0.29) is 18.1 Å². The normalized spacial score (nSPS) is 10.6. The molecule has 0 saturated heterocycles. The molecular weight excluding hydrogens is 365 g/mol. The van der Waals surface area contributed by atoms with Gasteiger partial charge in [0.25, 0.3) is 0 Å². The van der Waals surface area contributed by atoms with Gasteiger partial charge in [-0.2, -0.15) is 0 Å². The van der Waals surface area contributed by atoms with E-state index in [2.05, 4.69) is 15.3 Å². The molecule has 5 nitrogen and oxygen atoms in total. The summed E-state index contributed by atoms with van der Waals surface area (Å²) in [4.78, 5) is 20.6. The second-order valence-electron chi connectivity index (χ2n) is 6.02. The molecule has 0 aliphatic rings. The van der Waals surface area contributed by atoms with Crippen molar-refractivity contribution in [2.24, 2.45) is 0 Å². The number of nitrogens with one attached hydrogen (secondary N) is 1. The molecule has 7 heteroatoms. The molecular formula is C20H20FN3O2S. The summed E-state index contributed by atoms with van der Waals surface area (Å²) in [5.41, 5.74) is 2.22. The lowest BCUT2D eigenvalue weighted by Gasteiger charge is -2.05. The largest absolute Gasteiger partial charge is 0.485 e. The smallest absolute Gasteiger partial charge is 0.226 e. The summed E-state index contributed by atoms with van der Waals surface area (Å²) in [7, 11) is 0. The Morgan fingerprint density at radius 3 is 2.89 bits per heavy atom. The van der Waals surface area contributed by atoms with Gasteiger partial charge in [0.15, 0.2) is 0 Å². The van der Waals surface area contributed by atoms with Crippen LogP contribution in [0.15, 0.2) is 48.0 Å². The minimum Gasteiger partial charge on any atom is -0.485 e. The third kappa shape index (κ3) is 5.86. The van der Waals surface area contributed by atoms with Crippen molar-refractivity contribution in [3.05, 3.63) is 75.8 Å². The third-order valence-electron chi connectivity index (χ3n) is 3.86. The van der Waals surface area contributed by atoms with Crippen LogP contribution in [0.25, 0.3) is 0 Å². The van der Waals surface area contributed by atoms with Crippen molar-refractivity contribution in [3.63, 3.8) is 0 Å². The third-order valence-corrected chi connectivity index (χ3v) is 4.73. The number of aromatic nitrogens is 2. The van der Waals surface area contributed by atoms with E-state index < -0.39 is 0 Å². The molecule has 0 fully saturated rings. The fourth-order valence-corrected chi connectivity index (χ4v) is 3.15. The van der Waals surface area contributed by atoms with E-state index in [9.17, 15) is 9.18 Å². The van der Waals surface area contributed by atoms with Gasteiger partial charge in [-0.1, -0.05) is 18.2 Å². The Hall–Kier alpha value is -2.80. The molecule has 3 rings (SSSR count). The number of ether oxygens (including phenoxy) is 1. The van der Waals surface area contributed by atoms with Gasteiger partial charge in [0.2, 0.25) is 5.91 Å². The summed E-state index contributed by atoms with van der Waals surface area (Å²) in [6.07, 6.45) is 2.33. The van der Waals surface area contributed by atoms with Crippen LogP contribution in [0.3, 0.4) is 0 Å². The highest BCUT2D eigenvalue weighted by molar-refractivity contribution is 7.09. The molecule has 1 aromatic carbocycles. The maximum Gasteiger partial charge on any atom is 0.226 e. The van der Waals surface area contributed by atoms with Crippen LogP contribution in [0.1, 0.15) is 22.0 Å². The molecule has 0 bridgehead atoms. The summed E-state index contributed by atoms with van der Waals surface area (Å²) in [6, 6.07) is 10.3. The highest BCUT2D eigenvalue weighted by atomic mass is 32.1. The first-order valence-corrected chi connectivity index (χ1v) is 9.47. The van der Waals surface area contributed by atoms with Gasteiger partial charge in [-0.15, -0.1) is 11.3 Å². The second kappa shape index (κ2) is 9.23. The molecule has 2 heterocycles. The Balaban J connectivity index is 1.42. The van der Waals surface area contributed by atoms with Gasteiger partial charge in [-0.25, -0.2) is 9.37 Å². The lowest BCUT2D eigenvalue weighted by molar-refractivity contribution is -0.120. The maximum atomic E-state index is 13.5. The molecule has 0 saturated carbocycles. The predicted octanol–water partition coefficient (Wildman–Crippen LogP) is 3.47. The van der Waals surface area contributed by atoms with E-state index in [0.717, 1.165) is 10.7 Å². The van der Waals surface area contributed by atoms with Crippen LogP contribution in [0.4, 0.5) is 4.39 Å². The van der Waals surface area contributed by atoms with Gasteiger partial charge < -0.3 is 10.1 Å². The highest BCUT2D eigenvalue weighted by Crippen LogP contribution is 2.15. The molecule has 0 atom stereocenters. The monoisotopic (exact) mass is 385 g/mol. The number of nitrogens with zero attached hydrogens (tertiary/aromatic N) is 2. The summed E-state index contributed by atoms with van der Waals surface area (Å²) in [6.45, 7) is 2.64. The van der Waals surface area contributed by atoms with E-state index in [1.165, 1.54) is 17.4 Å². The number of thiazole rings is 1. The number of hydrogen-bond donors (Lipinski definition) is 1. The molecule has 0 unspecified atom stereocenters. The van der Waals surface area contributed by atoms with Gasteiger partial charge in [0, 0.05) is 17.6 Å². The Morgan fingerprint density at radius 1 is 1.26 bits per heavy atom.